The summed E-state index contributed by atoms with van der Waals surface area (Å²) in [5, 5.41) is 7.12. The Morgan fingerprint density at radius 2 is 2.00 bits per heavy atom. The Hall–Kier alpha value is -1.36. The zero-order chi connectivity index (χ0) is 16.8. The van der Waals surface area contributed by atoms with E-state index in [1.807, 2.05) is 6.08 Å². The van der Waals surface area contributed by atoms with E-state index in [0.717, 1.165) is 57.6 Å². The second-order valence-electron chi connectivity index (χ2n) is 7.44. The van der Waals surface area contributed by atoms with Crippen molar-refractivity contribution in [3.8, 4) is 0 Å². The number of aliphatic imine (C=N–C) groups is 1. The molecule has 5 nitrogen and oxygen atoms in total. The van der Waals surface area contributed by atoms with Crippen LogP contribution in [0.1, 0.15) is 64.2 Å². The molecular weight excluding hydrogens is 300 g/mol. The van der Waals surface area contributed by atoms with Gasteiger partial charge in [0.05, 0.1) is 0 Å². The van der Waals surface area contributed by atoms with Crippen LogP contribution in [0.25, 0.3) is 0 Å². The molecule has 0 bridgehead atoms. The summed E-state index contributed by atoms with van der Waals surface area (Å²) in [6.45, 7) is 6.52. The predicted octanol–water partition coefficient (Wildman–Crippen LogP) is 3.22. The molecule has 24 heavy (non-hydrogen) atoms. The number of amides is 2. The number of nitrogens with one attached hydrogen (secondary N) is 2. The Kier molecular flexibility index (Phi) is 5.93. The van der Waals surface area contributed by atoms with Gasteiger partial charge in [-0.3, -0.25) is 0 Å². The second kappa shape index (κ2) is 8.15. The number of nitrogens with zero attached hydrogens (tertiary/aromatic N) is 2. The lowest BCUT2D eigenvalue weighted by Crippen LogP contribution is -2.61. The van der Waals surface area contributed by atoms with Crippen molar-refractivity contribution in [2.24, 2.45) is 4.99 Å². The molecule has 0 radical (unpaired) electrons. The molecule has 1 saturated heterocycles. The second-order valence-corrected chi connectivity index (χ2v) is 7.44. The van der Waals surface area contributed by atoms with Gasteiger partial charge in [-0.1, -0.05) is 25.3 Å². The number of amidine groups is 1. The third kappa shape index (κ3) is 3.66. The van der Waals surface area contributed by atoms with E-state index in [-0.39, 0.29) is 11.6 Å². The molecule has 1 aliphatic carbocycles. The van der Waals surface area contributed by atoms with Gasteiger partial charge in [-0.25, -0.2) is 4.79 Å². The molecule has 0 atom stereocenters. The number of unbranched alkanes of at least 4 members (excludes halogenated alkanes) is 2. The fourth-order valence-corrected chi connectivity index (χ4v) is 4.39. The van der Waals surface area contributed by atoms with Crippen LogP contribution in [0.2, 0.25) is 0 Å². The van der Waals surface area contributed by atoms with Crippen LogP contribution < -0.4 is 10.6 Å². The van der Waals surface area contributed by atoms with Gasteiger partial charge in [-0.15, -0.1) is 6.58 Å². The fraction of sp³-hybridized carbons (Fsp3) is 0.789. The van der Waals surface area contributed by atoms with E-state index in [1.165, 1.54) is 32.1 Å². The maximum absolute atomic E-state index is 12.6. The van der Waals surface area contributed by atoms with Crippen molar-refractivity contribution >= 4 is 11.9 Å². The zero-order valence-electron chi connectivity index (χ0n) is 14.9. The molecule has 3 rings (SSSR count). The summed E-state index contributed by atoms with van der Waals surface area (Å²) < 4.78 is 0. The number of carbonyl (C=O) groups is 1. The van der Waals surface area contributed by atoms with Crippen molar-refractivity contribution in [1.29, 1.82) is 0 Å². The van der Waals surface area contributed by atoms with Crippen molar-refractivity contribution in [2.75, 3.05) is 19.6 Å². The third-order valence-electron chi connectivity index (χ3n) is 5.81. The lowest BCUT2D eigenvalue weighted by atomic mass is 9.84. The summed E-state index contributed by atoms with van der Waals surface area (Å²) in [7, 11) is 0. The van der Waals surface area contributed by atoms with Crippen LogP contribution in [0.5, 0.6) is 0 Å². The fourth-order valence-electron chi connectivity index (χ4n) is 4.39. The first-order valence-electron chi connectivity index (χ1n) is 9.75. The van der Waals surface area contributed by atoms with E-state index in [0.29, 0.717) is 6.04 Å². The Morgan fingerprint density at radius 1 is 1.25 bits per heavy atom. The number of piperidine rings is 1. The molecular formula is C19H32N4O. The number of urea groups is 1. The number of rotatable bonds is 6. The van der Waals surface area contributed by atoms with Gasteiger partial charge in [0, 0.05) is 12.6 Å². The van der Waals surface area contributed by atoms with Crippen LogP contribution >= 0.6 is 0 Å². The van der Waals surface area contributed by atoms with Gasteiger partial charge in [0.15, 0.2) is 0 Å². The molecule has 0 aromatic heterocycles. The minimum Gasteiger partial charge on any atom is -0.369 e. The van der Waals surface area contributed by atoms with Crippen molar-refractivity contribution in [2.45, 2.75) is 75.8 Å². The van der Waals surface area contributed by atoms with E-state index in [9.17, 15) is 4.79 Å². The summed E-state index contributed by atoms with van der Waals surface area (Å²) in [6, 6.07) is 0.464. The molecule has 5 heteroatoms. The highest BCUT2D eigenvalue weighted by molar-refractivity contribution is 6.06. The molecule has 0 aromatic rings. The van der Waals surface area contributed by atoms with E-state index in [1.54, 1.807) is 0 Å². The highest BCUT2D eigenvalue weighted by Gasteiger charge is 2.50. The highest BCUT2D eigenvalue weighted by Crippen LogP contribution is 2.34. The molecule has 2 N–H and O–H groups in total. The quantitative estimate of drug-likeness (QED) is 0.580. The maximum atomic E-state index is 12.6. The van der Waals surface area contributed by atoms with Crippen molar-refractivity contribution in [3.05, 3.63) is 12.7 Å². The van der Waals surface area contributed by atoms with E-state index in [4.69, 9.17) is 0 Å². The molecule has 1 saturated carbocycles. The first-order valence-corrected chi connectivity index (χ1v) is 9.75. The summed E-state index contributed by atoms with van der Waals surface area (Å²) in [4.78, 5) is 19.2. The Balaban J connectivity index is 1.70. The highest BCUT2D eigenvalue weighted by atomic mass is 16.2. The molecule has 3 aliphatic rings. The lowest BCUT2D eigenvalue weighted by Gasteiger charge is -2.43. The molecule has 2 fully saturated rings. The van der Waals surface area contributed by atoms with Gasteiger partial charge in [0.25, 0.3) is 0 Å². The summed E-state index contributed by atoms with van der Waals surface area (Å²) in [5.41, 5.74) is -0.187. The average Bonchev–Trinajstić information content (AvgIpc) is 2.85. The Labute approximate surface area is 146 Å². The summed E-state index contributed by atoms with van der Waals surface area (Å²) in [5.74, 6) is 0.963. The summed E-state index contributed by atoms with van der Waals surface area (Å²) in [6.07, 6.45) is 13.4. The van der Waals surface area contributed by atoms with Crippen LogP contribution in [-0.4, -0.2) is 48.0 Å². The predicted molar refractivity (Wildman–Crippen MR) is 98.4 cm³/mol. The van der Waals surface area contributed by atoms with Crippen molar-refractivity contribution < 1.29 is 4.79 Å². The van der Waals surface area contributed by atoms with Crippen molar-refractivity contribution in [1.82, 2.24) is 15.5 Å². The van der Waals surface area contributed by atoms with E-state index >= 15 is 0 Å². The van der Waals surface area contributed by atoms with Gasteiger partial charge in [-0.05, 0) is 58.0 Å². The number of hydrogen-bond donors (Lipinski definition) is 2. The molecule has 0 aromatic carbocycles. The van der Waals surface area contributed by atoms with Crippen LogP contribution in [0.15, 0.2) is 17.6 Å². The largest absolute Gasteiger partial charge is 0.369 e. The number of carbonyl (C=O) groups excluding carboxylic acids is 1. The minimum atomic E-state index is -0.187. The topological polar surface area (TPSA) is 56.7 Å². The summed E-state index contributed by atoms with van der Waals surface area (Å²) >= 11 is 0. The standard InChI is InChI=1S/C19H32N4O/c1-2-3-4-8-15-23-18(24)22-17(19(23)11-13-20-14-12-19)21-16-9-6-5-7-10-16/h2,16,20H,1,3-15H2,(H,21,22,24). The van der Waals surface area contributed by atoms with Gasteiger partial charge in [0.2, 0.25) is 0 Å². The molecule has 2 amide bonds. The molecule has 1 spiro atoms. The van der Waals surface area contributed by atoms with E-state index < -0.39 is 0 Å². The van der Waals surface area contributed by atoms with Gasteiger partial charge < -0.3 is 15.5 Å². The van der Waals surface area contributed by atoms with Crippen LogP contribution in [0.3, 0.4) is 0 Å². The first-order chi connectivity index (χ1) is 11.8. The van der Waals surface area contributed by atoms with Gasteiger partial charge in [-0.2, -0.15) is 4.99 Å². The van der Waals surface area contributed by atoms with Crippen LogP contribution in [0, 0.1) is 0 Å². The van der Waals surface area contributed by atoms with E-state index in [2.05, 4.69) is 27.1 Å². The van der Waals surface area contributed by atoms with Crippen LogP contribution in [-0.2, 0) is 0 Å². The zero-order valence-corrected chi connectivity index (χ0v) is 14.9. The molecule has 134 valence electrons. The monoisotopic (exact) mass is 332 g/mol. The number of allylic oxidation sites excluding steroid dienone is 1. The SMILES string of the molecule is C=CCCCCN1C(=O)N=C(NC2CCCCC2)C12CCNCC2. The normalized spacial score (nSPS) is 24.2. The molecule has 2 heterocycles. The number of hydrogen-bond acceptors (Lipinski definition) is 3. The molecule has 0 unspecified atom stereocenters. The lowest BCUT2D eigenvalue weighted by molar-refractivity contribution is 0.144. The smallest absolute Gasteiger partial charge is 0.346 e. The Morgan fingerprint density at radius 3 is 2.71 bits per heavy atom. The third-order valence-corrected chi connectivity index (χ3v) is 5.81. The molecule has 2 aliphatic heterocycles. The average molecular weight is 332 g/mol. The minimum absolute atomic E-state index is 0.0335. The first kappa shape index (κ1) is 17.5. The Bertz CT molecular complexity index is 476. The van der Waals surface area contributed by atoms with Gasteiger partial charge in [0.1, 0.15) is 11.4 Å². The van der Waals surface area contributed by atoms with Crippen LogP contribution in [0.4, 0.5) is 4.79 Å². The van der Waals surface area contributed by atoms with Crippen molar-refractivity contribution in [3.63, 3.8) is 0 Å². The van der Waals surface area contributed by atoms with Gasteiger partial charge >= 0.3 is 6.03 Å². The maximum Gasteiger partial charge on any atom is 0.346 e.